The predicted molar refractivity (Wildman–Crippen MR) is 104 cm³/mol. The molecular formula is C23H21N. The van der Waals surface area contributed by atoms with E-state index in [4.69, 9.17) is 4.99 Å². The molecule has 3 aromatic rings. The molecule has 0 atom stereocenters. The average Bonchev–Trinajstić information content (AvgIpc) is 2.65. The van der Waals surface area contributed by atoms with Crippen molar-refractivity contribution < 1.29 is 0 Å². The Hall–Kier alpha value is -2.93. The zero-order valence-electron chi connectivity index (χ0n) is 14.1. The Labute approximate surface area is 144 Å². The van der Waals surface area contributed by atoms with E-state index in [-0.39, 0.29) is 0 Å². The molecule has 0 saturated heterocycles. The van der Waals surface area contributed by atoms with Crippen molar-refractivity contribution in [3.63, 3.8) is 0 Å². The Morgan fingerprint density at radius 1 is 0.708 bits per heavy atom. The van der Waals surface area contributed by atoms with Gasteiger partial charge in [-0.25, -0.2) is 4.99 Å². The molecule has 0 spiro atoms. The lowest BCUT2D eigenvalue weighted by Gasteiger charge is -2.13. The molecule has 3 rings (SSSR count). The molecule has 0 bridgehead atoms. The average molecular weight is 311 g/mol. The van der Waals surface area contributed by atoms with Crippen LogP contribution < -0.4 is 0 Å². The lowest BCUT2D eigenvalue weighted by Crippen LogP contribution is -2.04. The minimum Gasteiger partial charge on any atom is -0.248 e. The highest BCUT2D eigenvalue weighted by Gasteiger charge is 2.12. The van der Waals surface area contributed by atoms with E-state index in [1.54, 1.807) is 0 Å². The van der Waals surface area contributed by atoms with Crippen molar-refractivity contribution in [3.8, 4) is 0 Å². The molecule has 0 radical (unpaired) electrons. The second kappa shape index (κ2) is 7.56. The SMILES string of the molecule is CC=C(/C(=N\c1ccccc1C)c1ccccc1)c1ccccc1. The van der Waals surface area contributed by atoms with E-state index < -0.39 is 0 Å². The van der Waals surface area contributed by atoms with Crippen LogP contribution >= 0.6 is 0 Å². The maximum atomic E-state index is 5.02. The molecule has 118 valence electrons. The smallest absolute Gasteiger partial charge is 0.0784 e. The molecule has 0 aliphatic carbocycles. The van der Waals surface area contributed by atoms with Gasteiger partial charge in [-0.1, -0.05) is 84.9 Å². The monoisotopic (exact) mass is 311 g/mol. The number of allylic oxidation sites excluding steroid dienone is 2. The zero-order valence-corrected chi connectivity index (χ0v) is 14.1. The maximum absolute atomic E-state index is 5.02. The summed E-state index contributed by atoms with van der Waals surface area (Å²) in [4.78, 5) is 5.02. The van der Waals surface area contributed by atoms with E-state index in [1.165, 1.54) is 11.1 Å². The number of aliphatic imine (C=N–C) groups is 1. The predicted octanol–water partition coefficient (Wildman–Crippen LogP) is 6.22. The first-order chi connectivity index (χ1) is 11.8. The van der Waals surface area contributed by atoms with Crippen molar-refractivity contribution in [3.05, 3.63) is 108 Å². The van der Waals surface area contributed by atoms with Gasteiger partial charge in [-0.2, -0.15) is 0 Å². The van der Waals surface area contributed by atoms with E-state index >= 15 is 0 Å². The van der Waals surface area contributed by atoms with Crippen LogP contribution in [-0.4, -0.2) is 5.71 Å². The summed E-state index contributed by atoms with van der Waals surface area (Å²) in [5, 5.41) is 0. The number of rotatable bonds is 4. The largest absolute Gasteiger partial charge is 0.248 e. The first kappa shape index (κ1) is 15.9. The van der Waals surface area contributed by atoms with Crippen molar-refractivity contribution in [1.29, 1.82) is 0 Å². The van der Waals surface area contributed by atoms with Crippen LogP contribution in [0.4, 0.5) is 5.69 Å². The van der Waals surface area contributed by atoms with Crippen LogP contribution in [0.3, 0.4) is 0 Å². The van der Waals surface area contributed by atoms with Crippen molar-refractivity contribution >= 4 is 17.0 Å². The molecule has 0 fully saturated rings. The first-order valence-electron chi connectivity index (χ1n) is 8.21. The molecule has 3 aromatic carbocycles. The van der Waals surface area contributed by atoms with Gasteiger partial charge >= 0.3 is 0 Å². The number of nitrogens with zero attached hydrogens (tertiary/aromatic N) is 1. The molecule has 0 saturated carbocycles. The lowest BCUT2D eigenvalue weighted by atomic mass is 9.95. The summed E-state index contributed by atoms with van der Waals surface area (Å²) in [6.45, 7) is 4.16. The van der Waals surface area contributed by atoms with Crippen LogP contribution in [-0.2, 0) is 0 Å². The van der Waals surface area contributed by atoms with Gasteiger partial charge in [0.2, 0.25) is 0 Å². The van der Waals surface area contributed by atoms with E-state index in [1.807, 2.05) is 24.3 Å². The summed E-state index contributed by atoms with van der Waals surface area (Å²) in [6.07, 6.45) is 2.14. The van der Waals surface area contributed by atoms with E-state index in [9.17, 15) is 0 Å². The maximum Gasteiger partial charge on any atom is 0.0784 e. The Kier molecular flexibility index (Phi) is 5.02. The Balaban J connectivity index is 2.18. The van der Waals surface area contributed by atoms with Crippen LogP contribution in [0.5, 0.6) is 0 Å². The molecule has 1 nitrogen and oxygen atoms in total. The Morgan fingerprint density at radius 3 is 1.83 bits per heavy atom. The summed E-state index contributed by atoms with van der Waals surface area (Å²) in [5.41, 5.74) is 6.62. The normalized spacial score (nSPS) is 12.2. The highest BCUT2D eigenvalue weighted by Crippen LogP contribution is 2.26. The standard InChI is InChI=1S/C23H21N/c1-3-21(19-13-6-4-7-14-19)23(20-15-8-5-9-16-20)24-22-17-11-10-12-18(22)2/h3-17H,1-2H3/b21-3?,24-23-. The molecule has 0 unspecified atom stereocenters. The minimum atomic E-state index is 0.999. The number of hydrogen-bond donors (Lipinski definition) is 0. The second-order valence-electron chi connectivity index (χ2n) is 5.68. The quantitative estimate of drug-likeness (QED) is 0.507. The highest BCUT2D eigenvalue weighted by atomic mass is 14.8. The summed E-state index contributed by atoms with van der Waals surface area (Å²) in [6, 6.07) is 29.0. The fourth-order valence-electron chi connectivity index (χ4n) is 2.74. The fourth-order valence-corrected chi connectivity index (χ4v) is 2.74. The Morgan fingerprint density at radius 2 is 1.25 bits per heavy atom. The highest BCUT2D eigenvalue weighted by molar-refractivity contribution is 6.32. The van der Waals surface area contributed by atoms with Gasteiger partial charge in [-0.3, -0.25) is 0 Å². The third-order valence-corrected chi connectivity index (χ3v) is 4.02. The molecule has 0 aliphatic heterocycles. The van der Waals surface area contributed by atoms with Crippen LogP contribution in [0.1, 0.15) is 23.6 Å². The molecule has 24 heavy (non-hydrogen) atoms. The second-order valence-corrected chi connectivity index (χ2v) is 5.68. The molecule has 0 aromatic heterocycles. The fraction of sp³-hybridized carbons (Fsp3) is 0.0870. The molecule has 1 heteroatoms. The molecule has 0 heterocycles. The van der Waals surface area contributed by atoms with E-state index in [2.05, 4.69) is 80.6 Å². The van der Waals surface area contributed by atoms with E-state index in [0.29, 0.717) is 0 Å². The van der Waals surface area contributed by atoms with Gasteiger partial charge in [0.05, 0.1) is 11.4 Å². The summed E-state index contributed by atoms with van der Waals surface area (Å²) in [7, 11) is 0. The molecule has 0 aliphatic rings. The topological polar surface area (TPSA) is 12.4 Å². The van der Waals surface area contributed by atoms with Crippen molar-refractivity contribution in [2.45, 2.75) is 13.8 Å². The molecular weight excluding hydrogens is 290 g/mol. The zero-order chi connectivity index (χ0) is 16.8. The van der Waals surface area contributed by atoms with Gasteiger partial charge in [0.1, 0.15) is 0 Å². The van der Waals surface area contributed by atoms with Gasteiger partial charge in [0, 0.05) is 11.1 Å². The molecule has 0 amide bonds. The van der Waals surface area contributed by atoms with Gasteiger partial charge in [-0.15, -0.1) is 0 Å². The number of benzene rings is 3. The summed E-state index contributed by atoms with van der Waals surface area (Å²) in [5.74, 6) is 0. The number of para-hydroxylation sites is 1. The number of aryl methyl sites for hydroxylation is 1. The van der Waals surface area contributed by atoms with Gasteiger partial charge in [-0.05, 0) is 31.0 Å². The van der Waals surface area contributed by atoms with Gasteiger partial charge in [0.15, 0.2) is 0 Å². The van der Waals surface area contributed by atoms with E-state index in [0.717, 1.165) is 22.5 Å². The third kappa shape index (κ3) is 3.52. The van der Waals surface area contributed by atoms with Crippen LogP contribution in [0, 0.1) is 6.92 Å². The molecule has 0 N–H and O–H groups in total. The van der Waals surface area contributed by atoms with Crippen LogP contribution in [0.15, 0.2) is 96.0 Å². The Bertz CT molecular complexity index is 859. The minimum absolute atomic E-state index is 0.999. The summed E-state index contributed by atoms with van der Waals surface area (Å²) >= 11 is 0. The van der Waals surface area contributed by atoms with Gasteiger partial charge in [0.25, 0.3) is 0 Å². The first-order valence-corrected chi connectivity index (χ1v) is 8.21. The van der Waals surface area contributed by atoms with Crippen molar-refractivity contribution in [2.75, 3.05) is 0 Å². The van der Waals surface area contributed by atoms with Crippen LogP contribution in [0.2, 0.25) is 0 Å². The lowest BCUT2D eigenvalue weighted by molar-refractivity contribution is 1.39. The third-order valence-electron chi connectivity index (χ3n) is 4.02. The van der Waals surface area contributed by atoms with Crippen molar-refractivity contribution in [2.24, 2.45) is 4.99 Å². The summed E-state index contributed by atoms with van der Waals surface area (Å²) < 4.78 is 0. The number of hydrogen-bond acceptors (Lipinski definition) is 1. The van der Waals surface area contributed by atoms with Crippen LogP contribution in [0.25, 0.3) is 5.57 Å². The van der Waals surface area contributed by atoms with Crippen molar-refractivity contribution in [1.82, 2.24) is 0 Å². The van der Waals surface area contributed by atoms with Gasteiger partial charge < -0.3 is 0 Å².